The number of hydrogen-bond acceptors (Lipinski definition) is 6. The number of carboxylic acids is 2. The Bertz CT molecular complexity index is 751. The summed E-state index contributed by atoms with van der Waals surface area (Å²) in [6, 6.07) is 13.2. The first kappa shape index (κ1) is 31.3. The predicted octanol–water partition coefficient (Wildman–Crippen LogP) is -4.20. The number of para-hydroxylation sites is 2. The molecule has 8 nitrogen and oxygen atoms in total. The molecule has 0 fully saturated rings. The SMILES string of the molecule is O=C(O)CN=Cc1ccccc1O.O=C(O)CN=Cc1ccccc1O.[Cl-].[Cl-].[Pd+2]. The maximum absolute atomic E-state index is 10.1. The van der Waals surface area contributed by atoms with Crippen LogP contribution in [0.2, 0.25) is 0 Å². The molecule has 0 bridgehead atoms. The van der Waals surface area contributed by atoms with Gasteiger partial charge >= 0.3 is 32.4 Å². The summed E-state index contributed by atoms with van der Waals surface area (Å²) in [5.74, 6) is -1.80. The zero-order valence-electron chi connectivity index (χ0n) is 14.8. The normalized spacial score (nSPS) is 9.38. The minimum Gasteiger partial charge on any atom is -1.00 e. The molecule has 0 radical (unpaired) electrons. The van der Waals surface area contributed by atoms with Gasteiger partial charge in [-0.2, -0.15) is 0 Å². The van der Waals surface area contributed by atoms with Crippen LogP contribution in [0.3, 0.4) is 0 Å². The number of aliphatic imine (C=N–C) groups is 2. The Balaban J connectivity index is -0.000000422. The van der Waals surface area contributed by atoms with E-state index in [0.717, 1.165) is 0 Å². The van der Waals surface area contributed by atoms with Crippen LogP contribution in [0.4, 0.5) is 0 Å². The van der Waals surface area contributed by atoms with Crippen molar-refractivity contribution in [3.8, 4) is 11.5 Å². The van der Waals surface area contributed by atoms with Crippen molar-refractivity contribution in [2.75, 3.05) is 13.1 Å². The number of rotatable bonds is 6. The number of nitrogens with zero attached hydrogens (tertiary/aromatic N) is 2. The summed E-state index contributed by atoms with van der Waals surface area (Å²) in [4.78, 5) is 27.4. The maximum Gasteiger partial charge on any atom is 2.00 e. The van der Waals surface area contributed by atoms with Gasteiger partial charge in [0.2, 0.25) is 0 Å². The first-order valence-corrected chi connectivity index (χ1v) is 7.39. The first-order chi connectivity index (χ1) is 12.4. The van der Waals surface area contributed by atoms with Gasteiger partial charge in [0.25, 0.3) is 0 Å². The van der Waals surface area contributed by atoms with Crippen molar-refractivity contribution in [1.82, 2.24) is 0 Å². The third-order valence-corrected chi connectivity index (χ3v) is 2.79. The maximum atomic E-state index is 10.1. The molecular formula is C18H18Cl2N2O6Pd. The summed E-state index contributed by atoms with van der Waals surface area (Å²) in [5.41, 5.74) is 1.03. The molecule has 0 saturated heterocycles. The average molecular weight is 536 g/mol. The molecule has 2 aromatic carbocycles. The van der Waals surface area contributed by atoms with E-state index >= 15 is 0 Å². The second-order valence-electron chi connectivity index (χ2n) is 4.84. The fourth-order valence-electron chi connectivity index (χ4n) is 1.64. The summed E-state index contributed by atoms with van der Waals surface area (Å²) in [5, 5.41) is 35.0. The Morgan fingerprint density at radius 1 is 0.724 bits per heavy atom. The number of carbonyl (C=O) groups is 2. The molecular weight excluding hydrogens is 518 g/mol. The molecule has 4 N–H and O–H groups in total. The molecule has 0 aliphatic rings. The van der Waals surface area contributed by atoms with Crippen LogP contribution < -0.4 is 24.8 Å². The van der Waals surface area contributed by atoms with Gasteiger partial charge in [-0.25, -0.2) is 0 Å². The van der Waals surface area contributed by atoms with Crippen molar-refractivity contribution < 1.29 is 75.3 Å². The molecule has 0 heterocycles. The molecule has 0 aliphatic heterocycles. The zero-order chi connectivity index (χ0) is 19.4. The number of benzene rings is 2. The van der Waals surface area contributed by atoms with Crippen molar-refractivity contribution >= 4 is 24.4 Å². The average Bonchev–Trinajstić information content (AvgIpc) is 2.58. The van der Waals surface area contributed by atoms with E-state index in [-0.39, 0.29) is 69.8 Å². The van der Waals surface area contributed by atoms with Gasteiger partial charge in [0.15, 0.2) is 0 Å². The number of phenols is 2. The van der Waals surface area contributed by atoms with Crippen molar-refractivity contribution in [3.63, 3.8) is 0 Å². The van der Waals surface area contributed by atoms with Gasteiger partial charge in [0.1, 0.15) is 24.6 Å². The molecule has 0 unspecified atom stereocenters. The van der Waals surface area contributed by atoms with Crippen LogP contribution in [-0.4, -0.2) is 57.9 Å². The van der Waals surface area contributed by atoms with E-state index in [1.54, 1.807) is 36.4 Å². The fraction of sp³-hybridized carbons (Fsp3) is 0.111. The molecule has 11 heteroatoms. The monoisotopic (exact) mass is 534 g/mol. The number of phenolic OH excluding ortho intramolecular Hbond substituents is 2. The van der Waals surface area contributed by atoms with E-state index in [0.29, 0.717) is 11.1 Å². The Morgan fingerprint density at radius 2 is 1.03 bits per heavy atom. The molecule has 0 aromatic heterocycles. The van der Waals surface area contributed by atoms with Crippen molar-refractivity contribution in [3.05, 3.63) is 59.7 Å². The second-order valence-corrected chi connectivity index (χ2v) is 4.84. The molecule has 0 aliphatic carbocycles. The molecule has 0 saturated carbocycles. The van der Waals surface area contributed by atoms with Gasteiger partial charge in [-0.15, -0.1) is 0 Å². The molecule has 0 spiro atoms. The third-order valence-electron chi connectivity index (χ3n) is 2.79. The standard InChI is InChI=1S/2C9H9NO3.2ClH.Pd/c2*11-8-4-2-1-3-7(8)5-10-6-9(12)13;;;/h2*1-5,11H,6H2,(H,12,13);2*1H;/q;;;;+2/p-2. The minimum atomic E-state index is -0.994. The largest absolute Gasteiger partial charge is 2.00 e. The Hall–Kier alpha value is -2.44. The van der Waals surface area contributed by atoms with Crippen LogP contribution in [0.5, 0.6) is 11.5 Å². The number of carboxylic acid groups (broad SMARTS) is 2. The quantitative estimate of drug-likeness (QED) is 0.219. The van der Waals surface area contributed by atoms with Crippen molar-refractivity contribution in [1.29, 1.82) is 0 Å². The number of hydrogen-bond donors (Lipinski definition) is 4. The second kappa shape index (κ2) is 17.6. The van der Waals surface area contributed by atoms with Crippen molar-refractivity contribution in [2.45, 2.75) is 0 Å². The minimum absolute atomic E-state index is 0. The van der Waals surface area contributed by atoms with E-state index in [2.05, 4.69) is 9.98 Å². The fourth-order valence-corrected chi connectivity index (χ4v) is 1.64. The third kappa shape index (κ3) is 14.2. The molecule has 0 atom stereocenters. The smallest absolute Gasteiger partial charge is 1.00 e. The molecule has 2 aromatic rings. The summed E-state index contributed by atoms with van der Waals surface area (Å²) in [6.45, 7) is -0.567. The number of aliphatic carboxylic acids is 2. The van der Waals surface area contributed by atoms with Gasteiger partial charge in [-0.05, 0) is 24.3 Å². The van der Waals surface area contributed by atoms with Gasteiger partial charge in [-0.3, -0.25) is 19.6 Å². The van der Waals surface area contributed by atoms with E-state index < -0.39 is 11.9 Å². The Labute approximate surface area is 193 Å². The number of aromatic hydroxyl groups is 2. The van der Waals surface area contributed by atoms with Crippen LogP contribution in [-0.2, 0) is 30.0 Å². The zero-order valence-corrected chi connectivity index (χ0v) is 17.8. The van der Waals surface area contributed by atoms with Crippen molar-refractivity contribution in [2.24, 2.45) is 9.98 Å². The Kier molecular flexibility index (Phi) is 19.0. The van der Waals surface area contributed by atoms with E-state index in [4.69, 9.17) is 10.2 Å². The summed E-state index contributed by atoms with van der Waals surface area (Å²) in [6.07, 6.45) is 2.67. The predicted molar refractivity (Wildman–Crippen MR) is 96.4 cm³/mol. The summed E-state index contributed by atoms with van der Waals surface area (Å²) >= 11 is 0. The van der Waals surface area contributed by atoms with E-state index in [1.165, 1.54) is 24.6 Å². The van der Waals surface area contributed by atoms with Gasteiger partial charge in [0, 0.05) is 23.6 Å². The molecule has 29 heavy (non-hydrogen) atoms. The molecule has 0 amide bonds. The Morgan fingerprint density at radius 3 is 1.31 bits per heavy atom. The van der Waals surface area contributed by atoms with Crippen LogP contribution in [0.25, 0.3) is 0 Å². The summed E-state index contributed by atoms with van der Waals surface area (Å²) < 4.78 is 0. The molecule has 160 valence electrons. The van der Waals surface area contributed by atoms with E-state index in [1.807, 2.05) is 0 Å². The topological polar surface area (TPSA) is 140 Å². The van der Waals surface area contributed by atoms with Gasteiger partial charge in [-0.1, -0.05) is 24.3 Å². The van der Waals surface area contributed by atoms with Crippen LogP contribution >= 0.6 is 0 Å². The van der Waals surface area contributed by atoms with Crippen LogP contribution in [0.1, 0.15) is 11.1 Å². The first-order valence-electron chi connectivity index (χ1n) is 7.39. The molecule has 2 rings (SSSR count). The van der Waals surface area contributed by atoms with E-state index in [9.17, 15) is 19.8 Å². The number of halogens is 2. The van der Waals surface area contributed by atoms with Crippen LogP contribution in [0, 0.1) is 0 Å². The summed E-state index contributed by atoms with van der Waals surface area (Å²) in [7, 11) is 0. The van der Waals surface area contributed by atoms with Gasteiger partial charge < -0.3 is 45.2 Å². The van der Waals surface area contributed by atoms with Gasteiger partial charge in [0.05, 0.1) is 0 Å². The van der Waals surface area contributed by atoms with Crippen LogP contribution in [0.15, 0.2) is 58.5 Å².